The third-order valence-electron chi connectivity index (χ3n) is 3.69. The molecular formula is C15H14N2O8. The van der Waals surface area contributed by atoms with Crippen LogP contribution >= 0.6 is 0 Å². The van der Waals surface area contributed by atoms with Crippen LogP contribution in [0.4, 0.5) is 5.69 Å². The highest BCUT2D eigenvalue weighted by molar-refractivity contribution is 5.98. The molecule has 0 saturated carbocycles. The Morgan fingerprint density at radius 2 is 2.32 bits per heavy atom. The van der Waals surface area contributed by atoms with Crippen molar-refractivity contribution in [2.45, 2.75) is 13.0 Å². The van der Waals surface area contributed by atoms with Gasteiger partial charge < -0.3 is 24.3 Å². The standard InChI is InChI=1S/C15H14N2O8/c1-2-23-5-7-6-24-14-10(25-7)3-9-11(12(14)17(21)22)13(18)8(4-16-9)15(19)20/h3-4,7H,2,5-6H2,1H3,(H,16,18)(H,19,20). The van der Waals surface area contributed by atoms with Gasteiger partial charge in [0.05, 0.1) is 17.0 Å². The zero-order valence-corrected chi connectivity index (χ0v) is 13.1. The molecule has 2 aromatic rings. The number of pyridine rings is 1. The lowest BCUT2D eigenvalue weighted by atomic mass is 10.1. The molecule has 0 fully saturated rings. The van der Waals surface area contributed by atoms with Crippen molar-refractivity contribution in [1.82, 2.24) is 4.98 Å². The van der Waals surface area contributed by atoms with Crippen molar-refractivity contribution in [3.8, 4) is 11.5 Å². The minimum atomic E-state index is -1.48. The summed E-state index contributed by atoms with van der Waals surface area (Å²) in [4.78, 5) is 36.8. The molecule has 132 valence electrons. The number of nitro groups is 1. The van der Waals surface area contributed by atoms with Crippen molar-refractivity contribution in [1.29, 1.82) is 0 Å². The van der Waals surface area contributed by atoms with E-state index in [1.165, 1.54) is 6.07 Å². The van der Waals surface area contributed by atoms with E-state index in [4.69, 9.17) is 19.3 Å². The molecule has 1 atom stereocenters. The molecule has 3 rings (SSSR count). The van der Waals surface area contributed by atoms with Gasteiger partial charge in [-0.1, -0.05) is 0 Å². The van der Waals surface area contributed by atoms with Gasteiger partial charge in [0.2, 0.25) is 11.2 Å². The molecule has 0 aliphatic carbocycles. The third-order valence-corrected chi connectivity index (χ3v) is 3.69. The van der Waals surface area contributed by atoms with Crippen LogP contribution in [0, 0.1) is 10.1 Å². The molecular weight excluding hydrogens is 336 g/mol. The molecule has 0 bridgehead atoms. The average molecular weight is 350 g/mol. The molecule has 1 aliphatic rings. The van der Waals surface area contributed by atoms with E-state index in [0.717, 1.165) is 6.20 Å². The zero-order chi connectivity index (χ0) is 18.1. The first-order valence-electron chi connectivity index (χ1n) is 7.41. The number of aromatic amines is 1. The zero-order valence-electron chi connectivity index (χ0n) is 13.1. The second kappa shape index (κ2) is 6.40. The first-order chi connectivity index (χ1) is 11.9. The van der Waals surface area contributed by atoms with Gasteiger partial charge in [-0.05, 0) is 6.92 Å². The summed E-state index contributed by atoms with van der Waals surface area (Å²) in [6.07, 6.45) is 0.541. The highest BCUT2D eigenvalue weighted by Gasteiger charge is 2.33. The summed E-state index contributed by atoms with van der Waals surface area (Å²) in [5.74, 6) is -1.59. The van der Waals surface area contributed by atoms with E-state index in [-0.39, 0.29) is 35.6 Å². The molecule has 0 spiro atoms. The van der Waals surface area contributed by atoms with Gasteiger partial charge in [-0.3, -0.25) is 14.9 Å². The van der Waals surface area contributed by atoms with Crippen LogP contribution in [-0.4, -0.2) is 46.9 Å². The molecule has 1 aromatic carbocycles. The summed E-state index contributed by atoms with van der Waals surface area (Å²) in [6, 6.07) is 1.38. The largest absolute Gasteiger partial charge is 0.480 e. The number of carboxylic acids is 1. The van der Waals surface area contributed by atoms with Crippen molar-refractivity contribution in [2.75, 3.05) is 19.8 Å². The van der Waals surface area contributed by atoms with Crippen LogP contribution in [0.2, 0.25) is 0 Å². The Morgan fingerprint density at radius 3 is 2.96 bits per heavy atom. The fourth-order valence-corrected chi connectivity index (χ4v) is 2.60. The van der Waals surface area contributed by atoms with Crippen LogP contribution in [-0.2, 0) is 4.74 Å². The maximum Gasteiger partial charge on any atom is 0.341 e. The van der Waals surface area contributed by atoms with Crippen molar-refractivity contribution in [2.24, 2.45) is 0 Å². The Morgan fingerprint density at radius 1 is 1.56 bits per heavy atom. The van der Waals surface area contributed by atoms with Gasteiger partial charge in [-0.25, -0.2) is 4.79 Å². The molecule has 0 saturated heterocycles. The fraction of sp³-hybridized carbons (Fsp3) is 0.333. The Balaban J connectivity index is 2.21. The van der Waals surface area contributed by atoms with Crippen molar-refractivity contribution < 1.29 is 29.0 Å². The summed E-state index contributed by atoms with van der Waals surface area (Å²) < 4.78 is 16.4. The van der Waals surface area contributed by atoms with E-state index < -0.39 is 33.7 Å². The smallest absolute Gasteiger partial charge is 0.341 e. The summed E-state index contributed by atoms with van der Waals surface area (Å²) in [5, 5.41) is 20.2. The number of carbonyl (C=O) groups is 1. The fourth-order valence-electron chi connectivity index (χ4n) is 2.60. The Kier molecular flexibility index (Phi) is 4.28. The highest BCUT2D eigenvalue weighted by atomic mass is 16.6. The Bertz CT molecular complexity index is 920. The van der Waals surface area contributed by atoms with Crippen molar-refractivity contribution >= 4 is 22.6 Å². The average Bonchev–Trinajstić information content (AvgIpc) is 2.57. The molecule has 10 heteroatoms. The van der Waals surface area contributed by atoms with E-state index in [1.54, 1.807) is 0 Å². The molecule has 1 unspecified atom stereocenters. The third kappa shape index (κ3) is 2.87. The number of fused-ring (bicyclic) bond motifs is 2. The number of aromatic nitrogens is 1. The first-order valence-corrected chi connectivity index (χ1v) is 7.41. The summed E-state index contributed by atoms with van der Waals surface area (Å²) in [5.41, 5.74) is -2.09. The number of carboxylic acid groups (broad SMARTS) is 1. The summed E-state index contributed by atoms with van der Waals surface area (Å²) >= 11 is 0. The van der Waals surface area contributed by atoms with Crippen LogP contribution in [0.1, 0.15) is 17.3 Å². The number of nitrogens with zero attached hydrogens (tertiary/aromatic N) is 1. The van der Waals surface area contributed by atoms with Crippen LogP contribution in [0.3, 0.4) is 0 Å². The van der Waals surface area contributed by atoms with E-state index in [1.807, 2.05) is 6.92 Å². The van der Waals surface area contributed by atoms with Gasteiger partial charge in [0.15, 0.2) is 11.9 Å². The summed E-state index contributed by atoms with van der Waals surface area (Å²) in [6.45, 7) is 2.56. The number of rotatable bonds is 5. The second-order valence-corrected chi connectivity index (χ2v) is 5.28. The van der Waals surface area contributed by atoms with Crippen LogP contribution in [0.25, 0.3) is 10.9 Å². The van der Waals surface area contributed by atoms with E-state index >= 15 is 0 Å². The molecule has 0 amide bonds. The number of hydrogen-bond acceptors (Lipinski definition) is 7. The molecule has 25 heavy (non-hydrogen) atoms. The lowest BCUT2D eigenvalue weighted by Crippen LogP contribution is -2.33. The number of aromatic carboxylic acids is 1. The van der Waals surface area contributed by atoms with Gasteiger partial charge in [-0.2, -0.15) is 0 Å². The van der Waals surface area contributed by atoms with Gasteiger partial charge >= 0.3 is 11.7 Å². The SMILES string of the molecule is CCOCC1COc2c(cc3[nH]cc(C(=O)O)c(=O)c3c2[N+](=O)[O-])O1. The minimum Gasteiger partial charge on any atom is -0.480 e. The molecule has 2 heterocycles. The molecule has 1 aliphatic heterocycles. The topological polar surface area (TPSA) is 141 Å². The molecule has 1 aromatic heterocycles. The van der Waals surface area contributed by atoms with Gasteiger partial charge in [0, 0.05) is 18.9 Å². The normalized spacial score (nSPS) is 16.0. The number of benzene rings is 1. The minimum absolute atomic E-state index is 0.00979. The van der Waals surface area contributed by atoms with E-state index in [9.17, 15) is 19.7 Å². The lowest BCUT2D eigenvalue weighted by molar-refractivity contribution is -0.384. The highest BCUT2D eigenvalue weighted by Crippen LogP contribution is 2.44. The quantitative estimate of drug-likeness (QED) is 0.607. The molecule has 0 radical (unpaired) electrons. The molecule has 10 nitrogen and oxygen atoms in total. The van der Waals surface area contributed by atoms with Gasteiger partial charge in [0.25, 0.3) is 0 Å². The van der Waals surface area contributed by atoms with Crippen LogP contribution < -0.4 is 14.9 Å². The molecule has 2 N–H and O–H groups in total. The van der Waals surface area contributed by atoms with E-state index in [0.29, 0.717) is 6.61 Å². The van der Waals surface area contributed by atoms with Crippen molar-refractivity contribution in [3.05, 3.63) is 38.2 Å². The Hall–Kier alpha value is -3.14. The first kappa shape index (κ1) is 16.7. The summed E-state index contributed by atoms with van der Waals surface area (Å²) in [7, 11) is 0. The predicted molar refractivity (Wildman–Crippen MR) is 84.6 cm³/mol. The Labute approximate surface area is 140 Å². The van der Waals surface area contributed by atoms with Gasteiger partial charge in [0.1, 0.15) is 17.6 Å². The van der Waals surface area contributed by atoms with E-state index in [2.05, 4.69) is 4.98 Å². The van der Waals surface area contributed by atoms with Crippen LogP contribution in [0.15, 0.2) is 17.1 Å². The van der Waals surface area contributed by atoms with Crippen molar-refractivity contribution in [3.63, 3.8) is 0 Å². The number of nitrogens with one attached hydrogen (secondary N) is 1. The maximum absolute atomic E-state index is 12.4. The predicted octanol–water partition coefficient (Wildman–Crippen LogP) is 1.31. The van der Waals surface area contributed by atoms with Gasteiger partial charge in [-0.15, -0.1) is 0 Å². The number of hydrogen-bond donors (Lipinski definition) is 2. The number of nitro benzene ring substituents is 1. The van der Waals surface area contributed by atoms with Crippen LogP contribution in [0.5, 0.6) is 11.5 Å². The number of ether oxygens (including phenoxy) is 3. The second-order valence-electron chi connectivity index (χ2n) is 5.28. The number of H-pyrrole nitrogens is 1. The maximum atomic E-state index is 12.4. The monoisotopic (exact) mass is 350 g/mol. The lowest BCUT2D eigenvalue weighted by Gasteiger charge is -2.26.